The van der Waals surface area contributed by atoms with Gasteiger partial charge in [-0.1, -0.05) is 56.2 Å². The van der Waals surface area contributed by atoms with E-state index in [1.54, 1.807) is 0 Å². The number of rotatable bonds is 9. The zero-order valence-electron chi connectivity index (χ0n) is 14.2. The Morgan fingerprint density at radius 3 is 2.54 bits per heavy atom. The molecule has 0 saturated carbocycles. The van der Waals surface area contributed by atoms with Gasteiger partial charge in [0, 0.05) is 23.7 Å². The summed E-state index contributed by atoms with van der Waals surface area (Å²) in [4.78, 5) is 12.6. The molecule has 0 fully saturated rings. The van der Waals surface area contributed by atoms with Gasteiger partial charge >= 0.3 is 0 Å². The average Bonchev–Trinajstić information content (AvgIpc) is 2.64. The zero-order valence-corrected chi connectivity index (χ0v) is 14.2. The quantitative estimate of drug-likeness (QED) is 0.741. The Morgan fingerprint density at radius 1 is 1.12 bits per heavy atom. The van der Waals surface area contributed by atoms with Gasteiger partial charge in [0.25, 0.3) is 5.91 Å². The van der Waals surface area contributed by atoms with E-state index in [4.69, 9.17) is 10.5 Å². The maximum atomic E-state index is 12.6. The lowest BCUT2D eigenvalue weighted by Gasteiger charge is -2.18. The largest absolute Gasteiger partial charge is 0.489 e. The van der Waals surface area contributed by atoms with Gasteiger partial charge in [0.2, 0.25) is 0 Å². The molecule has 128 valence electrons. The summed E-state index contributed by atoms with van der Waals surface area (Å²) in [6.45, 7) is 2.94. The number of benzene rings is 2. The van der Waals surface area contributed by atoms with Gasteiger partial charge in [0.05, 0.1) is 0 Å². The molecule has 0 bridgehead atoms. The fourth-order valence-corrected chi connectivity index (χ4v) is 2.51. The van der Waals surface area contributed by atoms with Crippen LogP contribution in [0.5, 0.6) is 5.75 Å². The second-order valence-corrected chi connectivity index (χ2v) is 5.81. The van der Waals surface area contributed by atoms with Gasteiger partial charge in [-0.25, -0.2) is 0 Å². The van der Waals surface area contributed by atoms with E-state index in [0.717, 1.165) is 30.6 Å². The predicted molar refractivity (Wildman–Crippen MR) is 97.0 cm³/mol. The fourth-order valence-electron chi connectivity index (χ4n) is 2.51. The van der Waals surface area contributed by atoms with Crippen molar-refractivity contribution in [2.45, 2.75) is 38.8 Å². The maximum Gasteiger partial charge on any atom is 0.251 e. The van der Waals surface area contributed by atoms with Gasteiger partial charge in [-0.05, 0) is 24.6 Å². The molecule has 0 aliphatic rings. The molecular weight excluding hydrogens is 300 g/mol. The van der Waals surface area contributed by atoms with Crippen LogP contribution in [-0.4, -0.2) is 18.5 Å². The normalized spacial score (nSPS) is 11.8. The number of hydrogen-bond acceptors (Lipinski definition) is 3. The number of amides is 1. The number of para-hydroxylation sites is 1. The van der Waals surface area contributed by atoms with E-state index in [1.165, 1.54) is 0 Å². The van der Waals surface area contributed by atoms with Crippen molar-refractivity contribution >= 4 is 5.91 Å². The highest BCUT2D eigenvalue weighted by Gasteiger charge is 2.15. The number of carbonyl (C=O) groups excluding carboxylic acids is 1. The lowest BCUT2D eigenvalue weighted by molar-refractivity contribution is 0.0933. The van der Waals surface area contributed by atoms with Crippen molar-refractivity contribution in [3.8, 4) is 5.75 Å². The van der Waals surface area contributed by atoms with Gasteiger partial charge in [-0.2, -0.15) is 0 Å². The molecule has 24 heavy (non-hydrogen) atoms. The summed E-state index contributed by atoms with van der Waals surface area (Å²) in [6.07, 6.45) is 3.05. The van der Waals surface area contributed by atoms with Gasteiger partial charge in [0.1, 0.15) is 12.4 Å². The van der Waals surface area contributed by atoms with Crippen molar-refractivity contribution in [3.63, 3.8) is 0 Å². The van der Waals surface area contributed by atoms with Crippen molar-refractivity contribution in [2.75, 3.05) is 6.54 Å². The third-order valence-corrected chi connectivity index (χ3v) is 3.93. The van der Waals surface area contributed by atoms with Crippen LogP contribution in [0, 0.1) is 0 Å². The first kappa shape index (κ1) is 18.0. The Bertz CT molecular complexity index is 629. The SMILES string of the molecule is CCCCC(CN)NC(=O)c1ccccc1COc1ccccc1. The molecular formula is C20H26N2O2. The Hall–Kier alpha value is -2.33. The molecule has 0 radical (unpaired) electrons. The predicted octanol–water partition coefficient (Wildman–Crippen LogP) is 3.51. The molecule has 1 amide bonds. The Labute approximate surface area is 144 Å². The third kappa shape index (κ3) is 5.39. The molecule has 3 N–H and O–H groups in total. The first-order chi connectivity index (χ1) is 11.7. The molecule has 0 saturated heterocycles. The van der Waals surface area contributed by atoms with E-state index < -0.39 is 0 Å². The molecule has 2 aromatic carbocycles. The summed E-state index contributed by atoms with van der Waals surface area (Å²) in [6, 6.07) is 17.1. The van der Waals surface area contributed by atoms with Gasteiger partial charge in [-0.15, -0.1) is 0 Å². The molecule has 2 rings (SSSR count). The van der Waals surface area contributed by atoms with Crippen LogP contribution in [-0.2, 0) is 6.61 Å². The van der Waals surface area contributed by atoms with Crippen LogP contribution in [0.15, 0.2) is 54.6 Å². The van der Waals surface area contributed by atoms with E-state index >= 15 is 0 Å². The van der Waals surface area contributed by atoms with Crippen molar-refractivity contribution in [2.24, 2.45) is 5.73 Å². The Morgan fingerprint density at radius 2 is 1.83 bits per heavy atom. The smallest absolute Gasteiger partial charge is 0.251 e. The molecule has 4 nitrogen and oxygen atoms in total. The number of carbonyl (C=O) groups is 1. The van der Waals surface area contributed by atoms with Crippen LogP contribution in [0.2, 0.25) is 0 Å². The zero-order chi connectivity index (χ0) is 17.2. The number of nitrogens with one attached hydrogen (secondary N) is 1. The van der Waals surface area contributed by atoms with Crippen LogP contribution >= 0.6 is 0 Å². The summed E-state index contributed by atoms with van der Waals surface area (Å²) in [5, 5.41) is 3.04. The minimum Gasteiger partial charge on any atom is -0.489 e. The lowest BCUT2D eigenvalue weighted by atomic mass is 10.1. The molecule has 0 aliphatic heterocycles. The Kier molecular flexibility index (Phi) is 7.30. The van der Waals surface area contributed by atoms with Crippen molar-refractivity contribution in [1.29, 1.82) is 0 Å². The van der Waals surface area contributed by atoms with Crippen molar-refractivity contribution in [3.05, 3.63) is 65.7 Å². The third-order valence-electron chi connectivity index (χ3n) is 3.93. The molecule has 2 aromatic rings. The molecule has 4 heteroatoms. The van der Waals surface area contributed by atoms with E-state index in [-0.39, 0.29) is 11.9 Å². The van der Waals surface area contributed by atoms with E-state index in [2.05, 4.69) is 12.2 Å². The van der Waals surface area contributed by atoms with Crippen LogP contribution in [0.3, 0.4) is 0 Å². The Balaban J connectivity index is 2.02. The minimum atomic E-state index is -0.0891. The van der Waals surface area contributed by atoms with Gasteiger partial charge in [-0.3, -0.25) is 4.79 Å². The lowest BCUT2D eigenvalue weighted by Crippen LogP contribution is -2.40. The highest BCUT2D eigenvalue weighted by atomic mass is 16.5. The highest BCUT2D eigenvalue weighted by molar-refractivity contribution is 5.95. The minimum absolute atomic E-state index is 0.0144. The van der Waals surface area contributed by atoms with Gasteiger partial charge < -0.3 is 15.8 Å². The number of unbranched alkanes of at least 4 members (excludes halogenated alkanes) is 1. The number of nitrogens with two attached hydrogens (primary N) is 1. The van der Waals surface area contributed by atoms with Gasteiger partial charge in [0.15, 0.2) is 0 Å². The topological polar surface area (TPSA) is 64.3 Å². The summed E-state index contributed by atoms with van der Waals surface area (Å²) >= 11 is 0. The fraction of sp³-hybridized carbons (Fsp3) is 0.350. The first-order valence-corrected chi connectivity index (χ1v) is 8.51. The highest BCUT2D eigenvalue weighted by Crippen LogP contribution is 2.15. The molecule has 0 aromatic heterocycles. The average molecular weight is 326 g/mol. The molecule has 0 spiro atoms. The number of ether oxygens (including phenoxy) is 1. The van der Waals surface area contributed by atoms with E-state index in [0.29, 0.717) is 18.7 Å². The molecule has 1 unspecified atom stereocenters. The van der Waals surface area contributed by atoms with Crippen molar-refractivity contribution in [1.82, 2.24) is 5.32 Å². The van der Waals surface area contributed by atoms with E-state index in [9.17, 15) is 4.79 Å². The summed E-state index contributed by atoms with van der Waals surface area (Å²) in [7, 11) is 0. The van der Waals surface area contributed by atoms with E-state index in [1.807, 2.05) is 54.6 Å². The summed E-state index contributed by atoms with van der Waals surface area (Å²) in [5.41, 5.74) is 7.28. The standard InChI is InChI=1S/C20H26N2O2/c1-2-3-10-17(14-21)22-20(23)19-13-8-7-9-16(19)15-24-18-11-5-4-6-12-18/h4-9,11-13,17H,2-3,10,14-15,21H2,1H3,(H,22,23). The molecule has 0 heterocycles. The van der Waals surface area contributed by atoms with Crippen LogP contribution in [0.25, 0.3) is 0 Å². The monoisotopic (exact) mass is 326 g/mol. The molecule has 0 aliphatic carbocycles. The molecule has 1 atom stereocenters. The first-order valence-electron chi connectivity index (χ1n) is 8.51. The second kappa shape index (κ2) is 9.73. The van der Waals surface area contributed by atoms with Crippen molar-refractivity contribution < 1.29 is 9.53 Å². The van der Waals surface area contributed by atoms with Crippen LogP contribution < -0.4 is 15.8 Å². The maximum absolute atomic E-state index is 12.6. The second-order valence-electron chi connectivity index (χ2n) is 5.81. The summed E-state index contributed by atoms with van der Waals surface area (Å²) in [5.74, 6) is 0.698. The van der Waals surface area contributed by atoms with Crippen LogP contribution in [0.1, 0.15) is 42.1 Å². The van der Waals surface area contributed by atoms with Crippen LogP contribution in [0.4, 0.5) is 0 Å². The summed E-state index contributed by atoms with van der Waals surface area (Å²) < 4.78 is 5.77. The number of hydrogen-bond donors (Lipinski definition) is 2.